The second kappa shape index (κ2) is 4.08. The molecule has 0 radical (unpaired) electrons. The van der Waals surface area contributed by atoms with Gasteiger partial charge in [-0.15, -0.1) is 0 Å². The van der Waals surface area contributed by atoms with Crippen molar-refractivity contribution in [1.29, 1.82) is 0 Å². The molecule has 2 aliphatic rings. The molecule has 0 aromatic heterocycles. The number of carbonyl (C=O) groups is 1. The third-order valence-corrected chi connectivity index (χ3v) is 3.73. The Morgan fingerprint density at radius 2 is 2.21 bits per heavy atom. The fourth-order valence-corrected chi connectivity index (χ4v) is 3.14. The van der Waals surface area contributed by atoms with E-state index in [-0.39, 0.29) is 11.9 Å². The zero-order chi connectivity index (χ0) is 10.0. The van der Waals surface area contributed by atoms with Gasteiger partial charge in [-0.25, -0.2) is 0 Å². The van der Waals surface area contributed by atoms with Crippen molar-refractivity contribution in [2.45, 2.75) is 12.2 Å². The average Bonchev–Trinajstić information content (AvgIpc) is 2.67. The van der Waals surface area contributed by atoms with Crippen LogP contribution in [0.15, 0.2) is 0 Å². The van der Waals surface area contributed by atoms with Crippen LogP contribution in [0, 0.1) is 5.92 Å². The minimum atomic E-state index is -0.682. The summed E-state index contributed by atoms with van der Waals surface area (Å²) in [4.78, 5) is 11.5. The van der Waals surface area contributed by atoms with E-state index in [1.54, 1.807) is 11.8 Å². The van der Waals surface area contributed by atoms with Crippen molar-refractivity contribution in [1.82, 2.24) is 0 Å². The molecule has 0 aromatic carbocycles. The van der Waals surface area contributed by atoms with Gasteiger partial charge in [-0.2, -0.15) is 11.8 Å². The second-order valence-corrected chi connectivity index (χ2v) is 4.56. The van der Waals surface area contributed by atoms with Crippen LogP contribution in [0.25, 0.3) is 0 Å². The number of methoxy groups -OCH3 is 1. The highest BCUT2D eigenvalue weighted by molar-refractivity contribution is 7.99. The normalized spacial score (nSPS) is 30.5. The maximum Gasteiger partial charge on any atom is 0.315 e. The van der Waals surface area contributed by atoms with E-state index in [0.29, 0.717) is 13.2 Å². The number of ether oxygens (including phenoxy) is 3. The van der Waals surface area contributed by atoms with Gasteiger partial charge in [0.2, 0.25) is 0 Å². The maximum absolute atomic E-state index is 11.5. The van der Waals surface area contributed by atoms with Gasteiger partial charge in [0.15, 0.2) is 5.79 Å². The van der Waals surface area contributed by atoms with Gasteiger partial charge in [0.1, 0.15) is 5.92 Å². The van der Waals surface area contributed by atoms with Crippen LogP contribution in [0.2, 0.25) is 0 Å². The first-order valence-corrected chi connectivity index (χ1v) is 5.87. The number of hydrogen-bond acceptors (Lipinski definition) is 5. The van der Waals surface area contributed by atoms with E-state index in [1.165, 1.54) is 7.11 Å². The standard InChI is InChI=1S/C9H14O4S/c1-11-8(10)7-6-14-5-2-9(7)12-3-4-13-9/h7H,2-6H2,1H3. The molecule has 1 unspecified atom stereocenters. The predicted molar refractivity (Wildman–Crippen MR) is 52.1 cm³/mol. The predicted octanol–water partition coefficient (Wildman–Crippen LogP) is 0.656. The number of thioether (sulfide) groups is 1. The fourth-order valence-electron chi connectivity index (χ4n) is 1.92. The van der Waals surface area contributed by atoms with Crippen molar-refractivity contribution in [3.05, 3.63) is 0 Å². The van der Waals surface area contributed by atoms with E-state index in [0.717, 1.165) is 17.9 Å². The topological polar surface area (TPSA) is 44.8 Å². The van der Waals surface area contributed by atoms with Crippen molar-refractivity contribution in [2.75, 3.05) is 31.8 Å². The van der Waals surface area contributed by atoms with Crippen LogP contribution in [0.4, 0.5) is 0 Å². The van der Waals surface area contributed by atoms with Crippen LogP contribution in [0.3, 0.4) is 0 Å². The van der Waals surface area contributed by atoms with Crippen LogP contribution in [-0.4, -0.2) is 43.6 Å². The molecule has 0 saturated carbocycles. The first-order chi connectivity index (χ1) is 6.78. The van der Waals surface area contributed by atoms with Crippen LogP contribution >= 0.6 is 11.8 Å². The van der Waals surface area contributed by atoms with Gasteiger partial charge < -0.3 is 14.2 Å². The van der Waals surface area contributed by atoms with Crippen LogP contribution in [0.1, 0.15) is 6.42 Å². The van der Waals surface area contributed by atoms with Crippen LogP contribution < -0.4 is 0 Å². The molecule has 0 amide bonds. The number of rotatable bonds is 1. The Balaban J connectivity index is 2.14. The lowest BCUT2D eigenvalue weighted by Crippen LogP contribution is -2.48. The Morgan fingerprint density at radius 3 is 2.86 bits per heavy atom. The largest absolute Gasteiger partial charge is 0.469 e. The molecule has 2 aliphatic heterocycles. The van der Waals surface area contributed by atoms with Crippen LogP contribution in [0.5, 0.6) is 0 Å². The SMILES string of the molecule is COC(=O)C1CSCCC12OCCO2. The van der Waals surface area contributed by atoms with Crippen molar-refractivity contribution in [3.63, 3.8) is 0 Å². The van der Waals surface area contributed by atoms with Crippen molar-refractivity contribution >= 4 is 17.7 Å². The van der Waals surface area contributed by atoms with Crippen molar-refractivity contribution in [3.8, 4) is 0 Å². The lowest BCUT2D eigenvalue weighted by molar-refractivity contribution is -0.206. The lowest BCUT2D eigenvalue weighted by atomic mass is 9.97. The highest BCUT2D eigenvalue weighted by Crippen LogP contribution is 2.39. The molecule has 0 aromatic rings. The molecule has 0 bridgehead atoms. The highest BCUT2D eigenvalue weighted by atomic mass is 32.2. The van der Waals surface area contributed by atoms with E-state index in [4.69, 9.17) is 14.2 Å². The summed E-state index contributed by atoms with van der Waals surface area (Å²) in [6.07, 6.45) is 0.775. The van der Waals surface area contributed by atoms with Gasteiger partial charge in [0.25, 0.3) is 0 Å². The molecular weight excluding hydrogens is 204 g/mol. The summed E-state index contributed by atoms with van der Waals surface area (Å²) in [5.74, 6) is 0.534. The van der Waals surface area contributed by atoms with Crippen LogP contribution in [-0.2, 0) is 19.0 Å². The van der Waals surface area contributed by atoms with E-state index in [9.17, 15) is 4.79 Å². The number of carbonyl (C=O) groups excluding carboxylic acids is 1. The quantitative estimate of drug-likeness (QED) is 0.605. The molecule has 80 valence electrons. The summed E-state index contributed by atoms with van der Waals surface area (Å²) in [7, 11) is 1.41. The summed E-state index contributed by atoms with van der Waals surface area (Å²) in [6, 6.07) is 0. The molecule has 2 rings (SSSR count). The number of hydrogen-bond donors (Lipinski definition) is 0. The smallest absolute Gasteiger partial charge is 0.315 e. The van der Waals surface area contributed by atoms with Gasteiger partial charge in [0.05, 0.1) is 20.3 Å². The van der Waals surface area contributed by atoms with Gasteiger partial charge in [-0.3, -0.25) is 4.79 Å². The average molecular weight is 218 g/mol. The molecule has 2 saturated heterocycles. The maximum atomic E-state index is 11.5. The monoisotopic (exact) mass is 218 g/mol. The molecule has 2 heterocycles. The van der Waals surface area contributed by atoms with Crippen molar-refractivity contribution in [2.24, 2.45) is 5.92 Å². The Hall–Kier alpha value is -0.260. The third kappa shape index (κ3) is 1.64. The molecule has 1 spiro atoms. The first-order valence-electron chi connectivity index (χ1n) is 4.72. The molecule has 2 fully saturated rings. The molecular formula is C9H14O4S. The minimum absolute atomic E-state index is 0.223. The molecule has 14 heavy (non-hydrogen) atoms. The van der Waals surface area contributed by atoms with E-state index in [1.807, 2.05) is 0 Å². The van der Waals surface area contributed by atoms with E-state index < -0.39 is 5.79 Å². The Morgan fingerprint density at radius 1 is 1.50 bits per heavy atom. The second-order valence-electron chi connectivity index (χ2n) is 3.41. The van der Waals surface area contributed by atoms with Crippen molar-refractivity contribution < 1.29 is 19.0 Å². The Labute approximate surface area is 87.3 Å². The first kappa shape index (κ1) is 10.3. The molecule has 0 aliphatic carbocycles. The summed E-state index contributed by atoms with van der Waals surface area (Å²) in [6.45, 7) is 1.16. The Kier molecular flexibility index (Phi) is 2.99. The van der Waals surface area contributed by atoms with Gasteiger partial charge in [-0.1, -0.05) is 0 Å². The number of esters is 1. The molecule has 1 atom stereocenters. The zero-order valence-electron chi connectivity index (χ0n) is 8.15. The minimum Gasteiger partial charge on any atom is -0.469 e. The molecule has 0 N–H and O–H groups in total. The van der Waals surface area contributed by atoms with Gasteiger partial charge in [0, 0.05) is 12.2 Å². The summed E-state index contributed by atoms with van der Waals surface area (Å²) >= 11 is 1.75. The lowest BCUT2D eigenvalue weighted by Gasteiger charge is -2.36. The van der Waals surface area contributed by atoms with E-state index >= 15 is 0 Å². The molecule has 5 heteroatoms. The van der Waals surface area contributed by atoms with Gasteiger partial charge in [-0.05, 0) is 5.75 Å². The van der Waals surface area contributed by atoms with E-state index in [2.05, 4.69) is 0 Å². The summed E-state index contributed by atoms with van der Waals surface area (Å²) < 4.78 is 15.9. The summed E-state index contributed by atoms with van der Waals surface area (Å²) in [5, 5.41) is 0. The highest BCUT2D eigenvalue weighted by Gasteiger charge is 2.50. The molecule has 4 nitrogen and oxygen atoms in total. The van der Waals surface area contributed by atoms with Gasteiger partial charge >= 0.3 is 5.97 Å². The fraction of sp³-hybridized carbons (Fsp3) is 0.889. The third-order valence-electron chi connectivity index (χ3n) is 2.67. The Bertz CT molecular complexity index is 225. The summed E-state index contributed by atoms with van der Waals surface area (Å²) in [5.41, 5.74) is 0. The zero-order valence-corrected chi connectivity index (χ0v) is 8.97.